The molecule has 0 unspecified atom stereocenters. The molecule has 0 aliphatic carbocycles. The highest BCUT2D eigenvalue weighted by Gasteiger charge is 2.13. The Morgan fingerprint density at radius 2 is 1.23 bits per heavy atom. The van der Waals surface area contributed by atoms with Gasteiger partial charge >= 0.3 is 0 Å². The van der Waals surface area contributed by atoms with E-state index >= 15 is 0 Å². The Labute approximate surface area is 198 Å². The molecule has 0 fully saturated rings. The number of hydrogen-bond donors (Lipinski definition) is 0. The van der Waals surface area contributed by atoms with Gasteiger partial charge in [0.2, 0.25) is 0 Å². The topological polar surface area (TPSA) is 9.23 Å². The Balaban J connectivity index is 1.52. The van der Waals surface area contributed by atoms with E-state index in [2.05, 4.69) is 30.3 Å². The Hall–Kier alpha value is -4.55. The van der Waals surface area contributed by atoms with Crippen molar-refractivity contribution in [3.8, 4) is 29.4 Å². The highest BCUT2D eigenvalue weighted by atomic mass is 19.2. The standard InChI is InChI=1S/C29H15F5O/c1-2-13-35-22-16-25(30)24(26(31)17-22)12-9-19-5-3-18(4-6-19)7-8-20-10-11-23-21(14-20)15-27(32)29(34)28(23)33/h2-6,10-11,14-17H,1,13H2. The van der Waals surface area contributed by atoms with Crippen LogP contribution in [0.1, 0.15) is 22.3 Å². The van der Waals surface area contributed by atoms with Crippen molar-refractivity contribution in [1.29, 1.82) is 0 Å². The molecule has 0 saturated heterocycles. The van der Waals surface area contributed by atoms with E-state index < -0.39 is 29.1 Å². The van der Waals surface area contributed by atoms with Crippen LogP contribution in [0.25, 0.3) is 10.8 Å². The Bertz CT molecular complexity index is 1540. The van der Waals surface area contributed by atoms with Crippen LogP contribution < -0.4 is 4.74 Å². The Morgan fingerprint density at radius 3 is 1.86 bits per heavy atom. The molecule has 0 aliphatic rings. The summed E-state index contributed by atoms with van der Waals surface area (Å²) < 4.78 is 74.3. The molecular weight excluding hydrogens is 459 g/mol. The number of halogens is 5. The third-order valence-electron chi connectivity index (χ3n) is 4.92. The lowest BCUT2D eigenvalue weighted by Crippen LogP contribution is -1.97. The molecule has 4 aromatic carbocycles. The zero-order valence-corrected chi connectivity index (χ0v) is 18.1. The number of ether oxygens (including phenoxy) is 1. The number of hydrogen-bond acceptors (Lipinski definition) is 1. The summed E-state index contributed by atoms with van der Waals surface area (Å²) in [6.45, 7) is 3.60. The predicted molar refractivity (Wildman–Crippen MR) is 124 cm³/mol. The molecule has 0 bridgehead atoms. The summed E-state index contributed by atoms with van der Waals surface area (Å²) in [7, 11) is 0. The largest absolute Gasteiger partial charge is 0.489 e. The molecule has 0 spiro atoms. The SMILES string of the molecule is C=CCOc1cc(F)c(C#Cc2ccc(C#Cc3ccc4c(F)c(F)c(F)cc4c3)cc2)c(F)c1. The van der Waals surface area contributed by atoms with Gasteiger partial charge in [-0.2, -0.15) is 0 Å². The van der Waals surface area contributed by atoms with Gasteiger partial charge in [-0.3, -0.25) is 0 Å². The summed E-state index contributed by atoms with van der Waals surface area (Å²) in [5.41, 5.74) is 1.25. The van der Waals surface area contributed by atoms with E-state index in [1.807, 2.05) is 0 Å². The van der Waals surface area contributed by atoms with Gasteiger partial charge < -0.3 is 4.74 Å². The predicted octanol–water partition coefficient (Wildman–Crippen LogP) is 6.90. The first kappa shape index (κ1) is 23.6. The van der Waals surface area contributed by atoms with Gasteiger partial charge in [-0.05, 0) is 47.9 Å². The van der Waals surface area contributed by atoms with Crippen molar-refractivity contribution < 1.29 is 26.7 Å². The quantitative estimate of drug-likeness (QED) is 0.136. The first-order chi connectivity index (χ1) is 16.9. The minimum absolute atomic E-state index is 0.0378. The van der Waals surface area contributed by atoms with Gasteiger partial charge in [0.25, 0.3) is 0 Å². The molecular formula is C29H15F5O. The highest BCUT2D eigenvalue weighted by molar-refractivity contribution is 5.84. The molecule has 0 N–H and O–H groups in total. The van der Waals surface area contributed by atoms with E-state index in [-0.39, 0.29) is 28.7 Å². The molecule has 1 nitrogen and oxygen atoms in total. The lowest BCUT2D eigenvalue weighted by atomic mass is 10.1. The second kappa shape index (κ2) is 10.2. The van der Waals surface area contributed by atoms with Crippen LogP contribution in [0.15, 0.2) is 73.3 Å². The van der Waals surface area contributed by atoms with Gasteiger partial charge in [0.15, 0.2) is 17.5 Å². The van der Waals surface area contributed by atoms with Crippen molar-refractivity contribution >= 4 is 10.8 Å². The lowest BCUT2D eigenvalue weighted by molar-refractivity contribution is 0.358. The average molecular weight is 474 g/mol. The molecule has 0 saturated carbocycles. The second-order valence-electron chi connectivity index (χ2n) is 7.36. The van der Waals surface area contributed by atoms with Crippen LogP contribution in [-0.4, -0.2) is 6.61 Å². The van der Waals surface area contributed by atoms with Gasteiger partial charge in [-0.15, -0.1) is 0 Å². The van der Waals surface area contributed by atoms with Crippen molar-refractivity contribution in [3.63, 3.8) is 0 Å². The van der Waals surface area contributed by atoms with E-state index in [1.54, 1.807) is 24.3 Å². The average Bonchev–Trinajstić information content (AvgIpc) is 2.85. The summed E-state index contributed by atoms with van der Waals surface area (Å²) in [6.07, 6.45) is 1.46. The molecule has 6 heteroatoms. The third-order valence-corrected chi connectivity index (χ3v) is 4.92. The summed E-state index contributed by atoms with van der Waals surface area (Å²) >= 11 is 0. The molecule has 0 aromatic heterocycles. The summed E-state index contributed by atoms with van der Waals surface area (Å²) in [4.78, 5) is 0. The Kier molecular flexibility index (Phi) is 6.85. The highest BCUT2D eigenvalue weighted by Crippen LogP contribution is 2.24. The summed E-state index contributed by atoms with van der Waals surface area (Å²) in [5, 5.41) is 0.155. The summed E-state index contributed by atoms with van der Waals surface area (Å²) in [6, 6.07) is 14.0. The fourth-order valence-electron chi connectivity index (χ4n) is 3.21. The van der Waals surface area contributed by atoms with E-state index in [9.17, 15) is 22.0 Å². The normalized spacial score (nSPS) is 10.2. The fourth-order valence-corrected chi connectivity index (χ4v) is 3.21. The van der Waals surface area contributed by atoms with Crippen LogP contribution >= 0.6 is 0 Å². The maximum Gasteiger partial charge on any atom is 0.195 e. The number of benzene rings is 4. The monoisotopic (exact) mass is 474 g/mol. The van der Waals surface area contributed by atoms with Crippen LogP contribution in [-0.2, 0) is 0 Å². The molecule has 4 aromatic rings. The van der Waals surface area contributed by atoms with Gasteiger partial charge in [-0.25, -0.2) is 22.0 Å². The van der Waals surface area contributed by atoms with Gasteiger partial charge in [0, 0.05) is 34.2 Å². The zero-order valence-electron chi connectivity index (χ0n) is 18.1. The Morgan fingerprint density at radius 1 is 0.657 bits per heavy atom. The van der Waals surface area contributed by atoms with Crippen LogP contribution in [0.2, 0.25) is 0 Å². The van der Waals surface area contributed by atoms with Gasteiger partial charge in [-0.1, -0.05) is 42.4 Å². The van der Waals surface area contributed by atoms with Crippen LogP contribution in [0, 0.1) is 52.8 Å². The van der Waals surface area contributed by atoms with Crippen LogP contribution in [0.3, 0.4) is 0 Å². The van der Waals surface area contributed by atoms with Crippen molar-refractivity contribution in [3.05, 3.63) is 125 Å². The van der Waals surface area contributed by atoms with Gasteiger partial charge in [0.1, 0.15) is 24.0 Å². The molecule has 172 valence electrons. The molecule has 0 radical (unpaired) electrons. The smallest absolute Gasteiger partial charge is 0.195 e. The van der Waals surface area contributed by atoms with Crippen LogP contribution in [0.5, 0.6) is 5.75 Å². The molecule has 0 atom stereocenters. The maximum absolute atomic E-state index is 14.2. The molecule has 4 rings (SSSR count). The van der Waals surface area contributed by atoms with E-state index in [0.717, 1.165) is 18.2 Å². The number of rotatable bonds is 3. The maximum atomic E-state index is 14.2. The number of fused-ring (bicyclic) bond motifs is 1. The molecule has 0 heterocycles. The van der Waals surface area contributed by atoms with E-state index in [4.69, 9.17) is 4.74 Å². The second-order valence-corrected chi connectivity index (χ2v) is 7.36. The first-order valence-corrected chi connectivity index (χ1v) is 10.3. The van der Waals surface area contributed by atoms with Crippen molar-refractivity contribution in [1.82, 2.24) is 0 Å². The van der Waals surface area contributed by atoms with Gasteiger partial charge in [0.05, 0.1) is 5.56 Å². The minimum Gasteiger partial charge on any atom is -0.489 e. The molecule has 0 amide bonds. The van der Waals surface area contributed by atoms with Crippen molar-refractivity contribution in [2.45, 2.75) is 0 Å². The fraction of sp³-hybridized carbons (Fsp3) is 0.0345. The summed E-state index contributed by atoms with van der Waals surface area (Å²) in [5.74, 6) is 5.32. The van der Waals surface area contributed by atoms with E-state index in [1.165, 1.54) is 24.3 Å². The molecule has 35 heavy (non-hydrogen) atoms. The zero-order chi connectivity index (χ0) is 24.9. The van der Waals surface area contributed by atoms with Crippen molar-refractivity contribution in [2.75, 3.05) is 6.61 Å². The minimum atomic E-state index is -1.51. The van der Waals surface area contributed by atoms with E-state index in [0.29, 0.717) is 16.7 Å². The van der Waals surface area contributed by atoms with Crippen LogP contribution in [0.4, 0.5) is 22.0 Å². The lowest BCUT2D eigenvalue weighted by Gasteiger charge is -2.05. The van der Waals surface area contributed by atoms with Crippen molar-refractivity contribution in [2.24, 2.45) is 0 Å². The first-order valence-electron chi connectivity index (χ1n) is 10.3. The third kappa shape index (κ3) is 5.34. The molecule has 0 aliphatic heterocycles.